The molecule has 0 saturated carbocycles. The van der Waals surface area contributed by atoms with Crippen molar-refractivity contribution in [1.82, 2.24) is 9.99 Å². The van der Waals surface area contributed by atoms with E-state index in [1.54, 1.807) is 48.5 Å². The number of benzene rings is 3. The van der Waals surface area contributed by atoms with Gasteiger partial charge in [-0.2, -0.15) is 0 Å². The summed E-state index contributed by atoms with van der Waals surface area (Å²) in [5, 5.41) is 6.40. The van der Waals surface area contributed by atoms with Gasteiger partial charge in [-0.15, -0.1) is 0 Å². The molecule has 3 amide bonds. The fourth-order valence-corrected chi connectivity index (χ4v) is 3.72. The van der Waals surface area contributed by atoms with Crippen molar-refractivity contribution in [2.45, 2.75) is 6.54 Å². The largest absolute Gasteiger partial charge is 0.344 e. The highest BCUT2D eigenvalue weighted by Crippen LogP contribution is 2.24. The van der Waals surface area contributed by atoms with E-state index in [2.05, 4.69) is 32.0 Å². The van der Waals surface area contributed by atoms with Gasteiger partial charge >= 0.3 is 11.8 Å². The lowest BCUT2D eigenvalue weighted by Crippen LogP contribution is -2.39. The predicted molar refractivity (Wildman–Crippen MR) is 132 cm³/mol. The van der Waals surface area contributed by atoms with Gasteiger partial charge in [0.1, 0.15) is 11.5 Å². The summed E-state index contributed by atoms with van der Waals surface area (Å²) in [7, 11) is 0. The first kappa shape index (κ1) is 23.5. The lowest BCUT2D eigenvalue weighted by molar-refractivity contribution is -0.136. The number of carbonyl (C=O) groups excluding carboxylic acids is 3. The molecule has 0 aliphatic rings. The predicted octanol–water partition coefficient (Wildman–Crippen LogP) is 4.84. The monoisotopic (exact) mass is 542 g/mol. The van der Waals surface area contributed by atoms with Gasteiger partial charge in [0.15, 0.2) is 0 Å². The maximum Gasteiger partial charge on any atom is 0.328 e. The molecule has 3 aromatic carbocycles. The Morgan fingerprint density at radius 3 is 2.32 bits per heavy atom. The molecule has 3 N–H and O–H groups in total. The van der Waals surface area contributed by atoms with Gasteiger partial charge in [-0.3, -0.25) is 19.8 Å². The summed E-state index contributed by atoms with van der Waals surface area (Å²) in [6, 6.07) is 18.9. The average molecular weight is 544 g/mol. The summed E-state index contributed by atoms with van der Waals surface area (Å²) >= 11 is 9.23. The summed E-state index contributed by atoms with van der Waals surface area (Å²) < 4.78 is 15.2. The number of hydrogen-bond donors (Lipinski definition) is 3. The smallest absolute Gasteiger partial charge is 0.328 e. The van der Waals surface area contributed by atoms with Gasteiger partial charge in [0.2, 0.25) is 0 Å². The van der Waals surface area contributed by atoms with Crippen molar-refractivity contribution < 1.29 is 18.8 Å². The molecule has 0 atom stereocenters. The molecule has 0 aliphatic carbocycles. The zero-order valence-electron chi connectivity index (χ0n) is 17.4. The van der Waals surface area contributed by atoms with Crippen molar-refractivity contribution in [3.05, 3.63) is 99.4 Å². The van der Waals surface area contributed by atoms with Crippen LogP contribution in [0.3, 0.4) is 0 Å². The van der Waals surface area contributed by atoms with Gasteiger partial charge in [-0.25, -0.2) is 9.07 Å². The molecule has 0 saturated heterocycles. The van der Waals surface area contributed by atoms with Crippen LogP contribution < -0.4 is 16.1 Å². The van der Waals surface area contributed by atoms with Crippen molar-refractivity contribution in [2.24, 2.45) is 0 Å². The van der Waals surface area contributed by atoms with E-state index < -0.39 is 23.5 Å². The Morgan fingerprint density at radius 2 is 1.62 bits per heavy atom. The third-order valence-electron chi connectivity index (χ3n) is 4.88. The molecule has 0 radical (unpaired) electrons. The number of nitrogens with one attached hydrogen (secondary N) is 3. The number of nitrogens with zero attached hydrogens (tertiary/aromatic N) is 1. The molecule has 4 rings (SSSR count). The number of halogens is 3. The van der Waals surface area contributed by atoms with Crippen LogP contribution in [-0.4, -0.2) is 22.4 Å². The summed E-state index contributed by atoms with van der Waals surface area (Å²) in [5.41, 5.74) is 4.20. The number of amides is 3. The zero-order valence-corrected chi connectivity index (χ0v) is 19.8. The Balaban J connectivity index is 1.55. The molecular formula is C24H17BrClFN4O3. The summed E-state index contributed by atoms with van der Waals surface area (Å²) in [5.74, 6) is -2.82. The highest BCUT2D eigenvalue weighted by atomic mass is 79.9. The van der Waals surface area contributed by atoms with Crippen LogP contribution >= 0.6 is 27.5 Å². The highest BCUT2D eigenvalue weighted by molar-refractivity contribution is 9.10. The third kappa shape index (κ3) is 5.44. The third-order valence-corrected chi connectivity index (χ3v) is 5.63. The first-order chi connectivity index (χ1) is 16.3. The Hall–Kier alpha value is -3.69. The fraction of sp³-hybridized carbons (Fsp3) is 0.0417. The van der Waals surface area contributed by atoms with E-state index >= 15 is 0 Å². The summed E-state index contributed by atoms with van der Waals surface area (Å²) in [6.07, 6.45) is 0. The van der Waals surface area contributed by atoms with E-state index in [9.17, 15) is 18.8 Å². The lowest BCUT2D eigenvalue weighted by Gasteiger charge is -2.13. The summed E-state index contributed by atoms with van der Waals surface area (Å²) in [6.45, 7) is 0.126. The SMILES string of the molecule is O=C(NCc1ccc(Cl)cc1)C(=O)Nn1c(C(=O)Nc2ccc(F)cc2)cc2cc(Br)ccc21. The molecule has 172 valence electrons. The van der Waals surface area contributed by atoms with Crippen LogP contribution in [0, 0.1) is 5.82 Å². The van der Waals surface area contributed by atoms with E-state index in [0.29, 0.717) is 21.6 Å². The Bertz CT molecular complexity index is 1390. The second-order valence-corrected chi connectivity index (χ2v) is 8.63. The molecule has 4 aromatic rings. The van der Waals surface area contributed by atoms with E-state index in [4.69, 9.17) is 11.6 Å². The number of hydrogen-bond acceptors (Lipinski definition) is 3. The highest BCUT2D eigenvalue weighted by Gasteiger charge is 2.21. The minimum atomic E-state index is -0.954. The standard InChI is InChI=1S/C24H17BrClFN4O3/c25-16-3-10-20-15(11-16)12-21(22(32)29-19-8-6-18(27)7-9-19)31(20)30-24(34)23(33)28-13-14-1-4-17(26)5-2-14/h1-12H,13H2,(H,28,33)(H,29,32)(H,30,34). The van der Waals surface area contributed by atoms with Gasteiger partial charge in [-0.1, -0.05) is 39.7 Å². The second kappa shape index (κ2) is 10.1. The van der Waals surface area contributed by atoms with E-state index in [-0.39, 0.29) is 12.2 Å². The van der Waals surface area contributed by atoms with Crippen molar-refractivity contribution in [2.75, 3.05) is 10.7 Å². The lowest BCUT2D eigenvalue weighted by atomic mass is 10.2. The number of aromatic nitrogens is 1. The van der Waals surface area contributed by atoms with Crippen LogP contribution in [0.2, 0.25) is 5.02 Å². The average Bonchev–Trinajstić information content (AvgIpc) is 3.17. The first-order valence-corrected chi connectivity index (χ1v) is 11.2. The molecule has 0 unspecified atom stereocenters. The maximum atomic E-state index is 13.2. The van der Waals surface area contributed by atoms with Gasteiger partial charge < -0.3 is 10.6 Å². The number of fused-ring (bicyclic) bond motifs is 1. The van der Waals surface area contributed by atoms with Crippen LogP contribution in [0.15, 0.2) is 77.3 Å². The Morgan fingerprint density at radius 1 is 0.912 bits per heavy atom. The quantitative estimate of drug-likeness (QED) is 0.315. The molecule has 34 heavy (non-hydrogen) atoms. The molecule has 10 heteroatoms. The van der Waals surface area contributed by atoms with E-state index in [1.807, 2.05) is 0 Å². The van der Waals surface area contributed by atoms with Gasteiger partial charge in [0.25, 0.3) is 5.91 Å². The Labute approximate surface area is 207 Å². The minimum absolute atomic E-state index is 0.0799. The topological polar surface area (TPSA) is 92.2 Å². The van der Waals surface area contributed by atoms with E-state index in [0.717, 1.165) is 10.0 Å². The molecule has 7 nitrogen and oxygen atoms in total. The van der Waals surface area contributed by atoms with Crippen LogP contribution in [0.25, 0.3) is 10.9 Å². The van der Waals surface area contributed by atoms with Crippen LogP contribution in [-0.2, 0) is 16.1 Å². The molecule has 0 fully saturated rings. The van der Waals surface area contributed by atoms with Crippen molar-refractivity contribution in [3.8, 4) is 0 Å². The molecule has 0 spiro atoms. The van der Waals surface area contributed by atoms with Crippen LogP contribution in [0.4, 0.5) is 10.1 Å². The van der Waals surface area contributed by atoms with E-state index in [1.165, 1.54) is 28.9 Å². The number of rotatable bonds is 5. The minimum Gasteiger partial charge on any atom is -0.344 e. The van der Waals surface area contributed by atoms with Crippen molar-refractivity contribution in [3.63, 3.8) is 0 Å². The molecular weight excluding hydrogens is 527 g/mol. The normalized spacial score (nSPS) is 10.7. The Kier molecular flexibility index (Phi) is 6.95. The van der Waals surface area contributed by atoms with Crippen molar-refractivity contribution in [1.29, 1.82) is 0 Å². The number of carbonyl (C=O) groups is 3. The molecule has 1 heterocycles. The fourth-order valence-electron chi connectivity index (χ4n) is 3.22. The van der Waals surface area contributed by atoms with Gasteiger partial charge in [-0.05, 0) is 66.2 Å². The maximum absolute atomic E-state index is 13.2. The summed E-state index contributed by atoms with van der Waals surface area (Å²) in [4.78, 5) is 38.0. The molecule has 1 aromatic heterocycles. The van der Waals surface area contributed by atoms with Crippen LogP contribution in [0.5, 0.6) is 0 Å². The zero-order chi connectivity index (χ0) is 24.2. The molecule has 0 bridgehead atoms. The first-order valence-electron chi connectivity index (χ1n) is 10.0. The van der Waals surface area contributed by atoms with Crippen LogP contribution in [0.1, 0.15) is 16.1 Å². The van der Waals surface area contributed by atoms with Gasteiger partial charge in [0, 0.05) is 27.1 Å². The molecule has 0 aliphatic heterocycles. The second-order valence-electron chi connectivity index (χ2n) is 7.28. The van der Waals surface area contributed by atoms with Gasteiger partial charge in [0.05, 0.1) is 5.52 Å². The van der Waals surface area contributed by atoms with Crippen molar-refractivity contribution >= 4 is 61.8 Å². The number of anilines is 1.